The lowest BCUT2D eigenvalue weighted by molar-refractivity contribution is -0.0328. The van der Waals surface area contributed by atoms with Gasteiger partial charge in [-0.3, -0.25) is 9.89 Å². The zero-order valence-corrected chi connectivity index (χ0v) is 16.6. The fraction of sp³-hybridized carbons (Fsp3) is 0.238. The predicted octanol–water partition coefficient (Wildman–Crippen LogP) is 5.39. The standard InChI is InChI=1S/C21H20F3N3OS/c1-27(20(28)16-9-11-18(12-10-16)29-21(22,23)24)13-5-8-17-14-19(26-25-17)15-6-3-2-4-7-15/h2-4,6-7,9-12,14H,5,8,13H2,1H3,(H,25,26). The summed E-state index contributed by atoms with van der Waals surface area (Å²) in [7, 11) is 1.68. The summed E-state index contributed by atoms with van der Waals surface area (Å²) in [6.07, 6.45) is 1.47. The number of carbonyl (C=O) groups is 1. The van der Waals surface area contributed by atoms with E-state index in [9.17, 15) is 18.0 Å². The summed E-state index contributed by atoms with van der Waals surface area (Å²) in [6.45, 7) is 0.525. The molecule has 0 aliphatic rings. The number of nitrogens with one attached hydrogen (secondary N) is 1. The molecule has 0 spiro atoms. The van der Waals surface area contributed by atoms with E-state index in [1.807, 2.05) is 36.4 Å². The van der Waals surface area contributed by atoms with Gasteiger partial charge in [-0.05, 0) is 54.9 Å². The van der Waals surface area contributed by atoms with Gasteiger partial charge in [0.2, 0.25) is 0 Å². The smallest absolute Gasteiger partial charge is 0.342 e. The van der Waals surface area contributed by atoms with Crippen molar-refractivity contribution in [1.29, 1.82) is 0 Å². The van der Waals surface area contributed by atoms with Gasteiger partial charge in [0.15, 0.2) is 0 Å². The van der Waals surface area contributed by atoms with Gasteiger partial charge in [0.05, 0.1) is 5.69 Å². The van der Waals surface area contributed by atoms with Gasteiger partial charge in [-0.1, -0.05) is 30.3 Å². The molecule has 0 aliphatic carbocycles. The summed E-state index contributed by atoms with van der Waals surface area (Å²) in [5.41, 5.74) is -1.07. The minimum Gasteiger partial charge on any atom is -0.342 e. The zero-order chi connectivity index (χ0) is 20.9. The van der Waals surface area contributed by atoms with Crippen LogP contribution in [0.4, 0.5) is 13.2 Å². The van der Waals surface area contributed by atoms with Crippen LogP contribution in [0.2, 0.25) is 0 Å². The second-order valence-electron chi connectivity index (χ2n) is 6.55. The SMILES string of the molecule is CN(CCCc1cc(-c2ccccc2)n[nH]1)C(=O)c1ccc(SC(F)(F)F)cc1. The van der Waals surface area contributed by atoms with E-state index in [0.717, 1.165) is 29.8 Å². The number of hydrogen-bond donors (Lipinski definition) is 1. The van der Waals surface area contributed by atoms with Crippen molar-refractivity contribution in [3.63, 3.8) is 0 Å². The maximum absolute atomic E-state index is 12.4. The lowest BCUT2D eigenvalue weighted by Crippen LogP contribution is -2.28. The maximum atomic E-state index is 12.4. The van der Waals surface area contributed by atoms with Gasteiger partial charge in [0, 0.05) is 35.3 Å². The number of thioether (sulfide) groups is 1. The molecule has 152 valence electrons. The van der Waals surface area contributed by atoms with Crippen LogP contribution in [0.15, 0.2) is 65.6 Å². The molecule has 3 rings (SSSR count). The van der Waals surface area contributed by atoms with Crippen molar-refractivity contribution in [2.45, 2.75) is 23.2 Å². The average Bonchev–Trinajstić information content (AvgIpc) is 3.16. The fourth-order valence-electron chi connectivity index (χ4n) is 2.87. The summed E-state index contributed by atoms with van der Waals surface area (Å²) in [6, 6.07) is 17.3. The molecule has 0 saturated heterocycles. The fourth-order valence-corrected chi connectivity index (χ4v) is 3.41. The molecule has 0 atom stereocenters. The lowest BCUT2D eigenvalue weighted by atomic mass is 10.1. The number of carbonyl (C=O) groups excluding carboxylic acids is 1. The monoisotopic (exact) mass is 419 g/mol. The number of H-pyrrole nitrogens is 1. The molecule has 3 aromatic rings. The van der Waals surface area contributed by atoms with Crippen molar-refractivity contribution in [1.82, 2.24) is 15.1 Å². The van der Waals surface area contributed by atoms with E-state index in [-0.39, 0.29) is 22.6 Å². The normalized spacial score (nSPS) is 11.4. The Labute approximate surface area is 171 Å². The Kier molecular flexibility index (Phi) is 6.64. The first-order chi connectivity index (χ1) is 13.8. The highest BCUT2D eigenvalue weighted by Gasteiger charge is 2.29. The van der Waals surface area contributed by atoms with Crippen molar-refractivity contribution in [3.8, 4) is 11.3 Å². The Morgan fingerprint density at radius 1 is 1.10 bits per heavy atom. The average molecular weight is 419 g/mol. The molecule has 0 saturated carbocycles. The van der Waals surface area contributed by atoms with Crippen molar-refractivity contribution in [3.05, 3.63) is 71.9 Å². The minimum absolute atomic E-state index is 0.0603. The topological polar surface area (TPSA) is 49.0 Å². The number of aryl methyl sites for hydroxylation is 1. The van der Waals surface area contributed by atoms with Crippen molar-refractivity contribution in [2.24, 2.45) is 0 Å². The van der Waals surface area contributed by atoms with Gasteiger partial charge >= 0.3 is 5.51 Å². The Balaban J connectivity index is 1.50. The zero-order valence-electron chi connectivity index (χ0n) is 15.7. The van der Waals surface area contributed by atoms with Gasteiger partial charge in [0.1, 0.15) is 0 Å². The summed E-state index contributed by atoms with van der Waals surface area (Å²) >= 11 is -0.193. The van der Waals surface area contributed by atoms with E-state index in [2.05, 4.69) is 10.2 Å². The number of benzene rings is 2. The van der Waals surface area contributed by atoms with Gasteiger partial charge < -0.3 is 4.90 Å². The molecule has 8 heteroatoms. The molecule has 0 bridgehead atoms. The number of nitrogens with zero attached hydrogens (tertiary/aromatic N) is 2. The molecule has 1 heterocycles. The van der Waals surface area contributed by atoms with Crippen LogP contribution >= 0.6 is 11.8 Å². The summed E-state index contributed by atoms with van der Waals surface area (Å²) in [4.78, 5) is 14.1. The molecule has 0 fully saturated rings. The quantitative estimate of drug-likeness (QED) is 0.522. The van der Waals surface area contributed by atoms with Crippen molar-refractivity contribution < 1.29 is 18.0 Å². The molecule has 1 amide bonds. The van der Waals surface area contributed by atoms with E-state index < -0.39 is 5.51 Å². The van der Waals surface area contributed by atoms with E-state index in [1.54, 1.807) is 11.9 Å². The molecule has 29 heavy (non-hydrogen) atoms. The van der Waals surface area contributed by atoms with Crippen molar-refractivity contribution >= 4 is 17.7 Å². The van der Waals surface area contributed by atoms with Crippen LogP contribution in [-0.4, -0.2) is 40.1 Å². The molecule has 1 N–H and O–H groups in total. The third-order valence-corrected chi connectivity index (χ3v) is 5.06. The van der Waals surface area contributed by atoms with Crippen LogP contribution < -0.4 is 0 Å². The highest BCUT2D eigenvalue weighted by molar-refractivity contribution is 8.00. The first kappa shape index (κ1) is 21.0. The number of rotatable bonds is 7. The maximum Gasteiger partial charge on any atom is 0.446 e. The third kappa shape index (κ3) is 6.12. The first-order valence-electron chi connectivity index (χ1n) is 9.03. The Hall–Kier alpha value is -2.74. The van der Waals surface area contributed by atoms with Gasteiger partial charge in [-0.15, -0.1) is 0 Å². The molecular formula is C21H20F3N3OS. The molecule has 1 aromatic heterocycles. The molecule has 0 aliphatic heterocycles. The molecule has 0 unspecified atom stereocenters. The molecule has 2 aromatic carbocycles. The lowest BCUT2D eigenvalue weighted by Gasteiger charge is -2.17. The molecule has 4 nitrogen and oxygen atoms in total. The Morgan fingerprint density at radius 2 is 1.79 bits per heavy atom. The van der Waals surface area contributed by atoms with Crippen LogP contribution in [0.3, 0.4) is 0 Å². The highest BCUT2D eigenvalue weighted by Crippen LogP contribution is 2.36. The number of amides is 1. The number of halogens is 3. The van der Waals surface area contributed by atoms with E-state index in [1.165, 1.54) is 24.3 Å². The summed E-state index contributed by atoms with van der Waals surface area (Å²) < 4.78 is 37.2. The number of aromatic amines is 1. The predicted molar refractivity (Wildman–Crippen MR) is 108 cm³/mol. The first-order valence-corrected chi connectivity index (χ1v) is 9.84. The largest absolute Gasteiger partial charge is 0.446 e. The molecule has 0 radical (unpaired) electrons. The van der Waals surface area contributed by atoms with Crippen molar-refractivity contribution in [2.75, 3.05) is 13.6 Å². The second-order valence-corrected chi connectivity index (χ2v) is 7.69. The van der Waals surface area contributed by atoms with Gasteiger partial charge in [0.25, 0.3) is 5.91 Å². The Morgan fingerprint density at radius 3 is 2.45 bits per heavy atom. The van der Waals surface area contributed by atoms with Gasteiger partial charge in [-0.2, -0.15) is 18.3 Å². The van der Waals surface area contributed by atoms with Crippen LogP contribution in [0.1, 0.15) is 22.5 Å². The third-order valence-electron chi connectivity index (χ3n) is 4.32. The van der Waals surface area contributed by atoms with Crippen LogP contribution in [0, 0.1) is 0 Å². The van der Waals surface area contributed by atoms with Gasteiger partial charge in [-0.25, -0.2) is 0 Å². The number of aromatic nitrogens is 2. The molecular weight excluding hydrogens is 399 g/mol. The van der Waals surface area contributed by atoms with E-state index in [0.29, 0.717) is 12.1 Å². The number of hydrogen-bond acceptors (Lipinski definition) is 3. The number of alkyl halides is 3. The summed E-state index contributed by atoms with van der Waals surface area (Å²) in [5, 5.41) is 7.33. The second kappa shape index (κ2) is 9.17. The van der Waals surface area contributed by atoms with Crippen LogP contribution in [0.25, 0.3) is 11.3 Å². The minimum atomic E-state index is -4.34. The Bertz CT molecular complexity index is 940. The summed E-state index contributed by atoms with van der Waals surface area (Å²) in [5.74, 6) is -0.219. The van der Waals surface area contributed by atoms with E-state index in [4.69, 9.17) is 0 Å². The van der Waals surface area contributed by atoms with E-state index >= 15 is 0 Å². The highest BCUT2D eigenvalue weighted by atomic mass is 32.2. The van der Waals surface area contributed by atoms with Crippen LogP contribution in [0.5, 0.6) is 0 Å². The van der Waals surface area contributed by atoms with Crippen LogP contribution in [-0.2, 0) is 6.42 Å².